The molecule has 0 atom stereocenters. The molecule has 9 heteroatoms. The van der Waals surface area contributed by atoms with Crippen molar-refractivity contribution in [1.82, 2.24) is 4.90 Å². The van der Waals surface area contributed by atoms with E-state index < -0.39 is 17.8 Å². The highest BCUT2D eigenvalue weighted by molar-refractivity contribution is 8.16. The van der Waals surface area contributed by atoms with E-state index in [1.165, 1.54) is 37.7 Å². The van der Waals surface area contributed by atoms with Gasteiger partial charge in [-0.05, 0) is 35.6 Å². The molecule has 0 aromatic heterocycles. The second-order valence-electron chi connectivity index (χ2n) is 5.69. The topological polar surface area (TPSA) is 82.1 Å². The molecular formula is C18H23NO6S2. The van der Waals surface area contributed by atoms with Gasteiger partial charge in [-0.1, -0.05) is 12.1 Å². The summed E-state index contributed by atoms with van der Waals surface area (Å²) in [5.41, 5.74) is 1.22. The first-order valence-corrected chi connectivity index (χ1v) is 10.5. The summed E-state index contributed by atoms with van der Waals surface area (Å²) >= 11 is 3.87. The maximum atomic E-state index is 12.3. The number of hydrogen-bond donors (Lipinski definition) is 0. The smallest absolute Gasteiger partial charge is 0.325 e. The number of thioether (sulfide) groups is 2. The Hall–Kier alpha value is -1.87. The van der Waals surface area contributed by atoms with Crippen LogP contribution in [0.1, 0.15) is 16.6 Å². The Morgan fingerprint density at radius 2 is 1.56 bits per heavy atom. The van der Waals surface area contributed by atoms with Crippen molar-refractivity contribution in [2.45, 2.75) is 11.0 Å². The lowest BCUT2D eigenvalue weighted by Crippen LogP contribution is -2.42. The van der Waals surface area contributed by atoms with Crippen LogP contribution in [0.2, 0.25) is 0 Å². The molecule has 0 spiro atoms. The Kier molecular flexibility index (Phi) is 8.80. The van der Waals surface area contributed by atoms with Gasteiger partial charge < -0.3 is 19.1 Å². The molecule has 2 rings (SSSR count). The number of carbonyl (C=O) groups is 3. The monoisotopic (exact) mass is 413 g/mol. The van der Waals surface area contributed by atoms with Gasteiger partial charge in [-0.2, -0.15) is 0 Å². The van der Waals surface area contributed by atoms with Crippen molar-refractivity contribution < 1.29 is 28.6 Å². The zero-order chi connectivity index (χ0) is 19.6. The maximum Gasteiger partial charge on any atom is 0.325 e. The summed E-state index contributed by atoms with van der Waals surface area (Å²) in [6, 6.07) is 7.64. The first-order valence-electron chi connectivity index (χ1n) is 8.41. The molecule has 1 amide bonds. The number of methoxy groups -OCH3 is 2. The molecule has 0 unspecified atom stereocenters. The number of nitrogens with zero attached hydrogens (tertiary/aromatic N) is 1. The second kappa shape index (κ2) is 11.1. The van der Waals surface area contributed by atoms with Crippen molar-refractivity contribution in [2.24, 2.45) is 0 Å². The Balaban J connectivity index is 1.90. The Morgan fingerprint density at radius 1 is 1.00 bits per heavy atom. The van der Waals surface area contributed by atoms with E-state index in [4.69, 9.17) is 4.74 Å². The fourth-order valence-corrected chi connectivity index (χ4v) is 5.21. The van der Waals surface area contributed by atoms with Crippen molar-refractivity contribution in [2.75, 3.05) is 45.4 Å². The Morgan fingerprint density at radius 3 is 2.07 bits per heavy atom. The third-order valence-electron chi connectivity index (χ3n) is 3.79. The number of hydrogen-bond acceptors (Lipinski definition) is 8. The molecular weight excluding hydrogens is 390 g/mol. The van der Waals surface area contributed by atoms with Crippen LogP contribution >= 0.6 is 23.5 Å². The Labute approximate surface area is 167 Å². The predicted molar refractivity (Wildman–Crippen MR) is 105 cm³/mol. The summed E-state index contributed by atoms with van der Waals surface area (Å²) in [6.45, 7) is -0.980. The van der Waals surface area contributed by atoms with Gasteiger partial charge in [0, 0.05) is 0 Å². The largest absolute Gasteiger partial charge is 0.484 e. The van der Waals surface area contributed by atoms with E-state index in [1.54, 1.807) is 0 Å². The molecule has 0 bridgehead atoms. The van der Waals surface area contributed by atoms with Gasteiger partial charge in [0.25, 0.3) is 5.91 Å². The van der Waals surface area contributed by atoms with Gasteiger partial charge in [0.2, 0.25) is 0 Å². The van der Waals surface area contributed by atoms with Gasteiger partial charge in [-0.15, -0.1) is 23.5 Å². The lowest BCUT2D eigenvalue weighted by molar-refractivity contribution is -0.152. The average Bonchev–Trinajstić information content (AvgIpc) is 2.72. The van der Waals surface area contributed by atoms with Crippen LogP contribution in [0, 0.1) is 0 Å². The number of rotatable bonds is 8. The van der Waals surface area contributed by atoms with Gasteiger partial charge in [0.1, 0.15) is 18.8 Å². The summed E-state index contributed by atoms with van der Waals surface area (Å²) in [5, 5.41) is 0. The lowest BCUT2D eigenvalue weighted by Gasteiger charge is -2.22. The quantitative estimate of drug-likeness (QED) is 0.600. The number of benzene rings is 1. The second-order valence-corrected chi connectivity index (χ2v) is 8.41. The summed E-state index contributed by atoms with van der Waals surface area (Å²) < 4.78 is 15.0. The number of esters is 2. The van der Waals surface area contributed by atoms with E-state index in [-0.39, 0.29) is 19.7 Å². The summed E-state index contributed by atoms with van der Waals surface area (Å²) in [6.07, 6.45) is 1.24. The molecule has 7 nitrogen and oxygen atoms in total. The van der Waals surface area contributed by atoms with E-state index in [0.717, 1.165) is 4.90 Å². The van der Waals surface area contributed by atoms with E-state index in [0.29, 0.717) is 10.3 Å². The van der Waals surface area contributed by atoms with E-state index in [1.807, 2.05) is 47.8 Å². The first-order chi connectivity index (χ1) is 13.0. The van der Waals surface area contributed by atoms with Crippen molar-refractivity contribution in [3.8, 4) is 5.75 Å². The van der Waals surface area contributed by atoms with Crippen LogP contribution < -0.4 is 4.74 Å². The highest BCUT2D eigenvalue weighted by atomic mass is 32.2. The van der Waals surface area contributed by atoms with Gasteiger partial charge in [0.05, 0.1) is 18.8 Å². The molecule has 0 saturated carbocycles. The fourth-order valence-electron chi connectivity index (χ4n) is 2.31. The molecule has 1 aliphatic rings. The highest BCUT2D eigenvalue weighted by Gasteiger charge is 2.22. The zero-order valence-electron chi connectivity index (χ0n) is 15.3. The predicted octanol–water partition coefficient (Wildman–Crippen LogP) is 2.11. The van der Waals surface area contributed by atoms with Crippen molar-refractivity contribution in [3.63, 3.8) is 0 Å². The zero-order valence-corrected chi connectivity index (χ0v) is 17.0. The summed E-state index contributed by atoms with van der Waals surface area (Å²) in [7, 11) is 2.42. The van der Waals surface area contributed by atoms with Gasteiger partial charge in [-0.3, -0.25) is 14.4 Å². The van der Waals surface area contributed by atoms with Crippen LogP contribution in [0.15, 0.2) is 24.3 Å². The van der Waals surface area contributed by atoms with Crippen LogP contribution in [0.3, 0.4) is 0 Å². The SMILES string of the molecule is COC(=O)CN(CC(=O)OC)C(=O)COc1ccc(C2SCCCS2)cc1. The minimum Gasteiger partial charge on any atom is -0.484 e. The van der Waals surface area contributed by atoms with Crippen LogP contribution in [0.5, 0.6) is 5.75 Å². The molecule has 1 aliphatic heterocycles. The molecule has 1 saturated heterocycles. The molecule has 27 heavy (non-hydrogen) atoms. The number of carbonyl (C=O) groups excluding carboxylic acids is 3. The minimum absolute atomic E-state index is 0.291. The summed E-state index contributed by atoms with van der Waals surface area (Å²) in [5.74, 6) is 1.13. The molecule has 1 aromatic carbocycles. The van der Waals surface area contributed by atoms with Crippen LogP contribution in [-0.2, 0) is 23.9 Å². The van der Waals surface area contributed by atoms with Gasteiger partial charge >= 0.3 is 11.9 Å². The third kappa shape index (κ3) is 6.99. The molecule has 148 valence electrons. The first kappa shape index (κ1) is 21.4. The highest BCUT2D eigenvalue weighted by Crippen LogP contribution is 2.43. The normalized spacial score (nSPS) is 14.3. The van der Waals surface area contributed by atoms with Gasteiger partial charge in [0.15, 0.2) is 6.61 Å². The van der Waals surface area contributed by atoms with Crippen molar-refractivity contribution in [3.05, 3.63) is 29.8 Å². The molecule has 0 radical (unpaired) electrons. The average molecular weight is 414 g/mol. The minimum atomic E-state index is -0.626. The maximum absolute atomic E-state index is 12.3. The lowest BCUT2D eigenvalue weighted by atomic mass is 10.2. The van der Waals surface area contributed by atoms with Crippen molar-refractivity contribution in [1.29, 1.82) is 0 Å². The van der Waals surface area contributed by atoms with Crippen molar-refractivity contribution >= 4 is 41.4 Å². The molecule has 1 fully saturated rings. The van der Waals surface area contributed by atoms with E-state index in [9.17, 15) is 14.4 Å². The molecule has 1 heterocycles. The van der Waals surface area contributed by atoms with Gasteiger partial charge in [-0.25, -0.2) is 0 Å². The molecule has 0 aliphatic carbocycles. The van der Waals surface area contributed by atoms with Crippen LogP contribution in [0.25, 0.3) is 0 Å². The Bertz CT molecular complexity index is 628. The summed E-state index contributed by atoms with van der Waals surface area (Å²) in [4.78, 5) is 36.2. The number of ether oxygens (including phenoxy) is 3. The van der Waals surface area contributed by atoms with Crippen LogP contribution in [-0.4, -0.2) is 68.2 Å². The van der Waals surface area contributed by atoms with E-state index in [2.05, 4.69) is 9.47 Å². The van der Waals surface area contributed by atoms with Crippen LogP contribution in [0.4, 0.5) is 0 Å². The van der Waals surface area contributed by atoms with E-state index >= 15 is 0 Å². The molecule has 1 aromatic rings. The third-order valence-corrected chi connectivity index (χ3v) is 6.80. The number of amides is 1. The fraction of sp³-hybridized carbons (Fsp3) is 0.500. The molecule has 0 N–H and O–H groups in total. The standard InChI is InChI=1S/C18H23NO6S2/c1-23-16(21)10-19(11-17(22)24-2)15(20)12-25-14-6-4-13(5-7-14)18-26-8-3-9-27-18/h4-7,18H,3,8-12H2,1-2H3.